The molecule has 4 aromatic rings. The summed E-state index contributed by atoms with van der Waals surface area (Å²) < 4.78 is 11.9. The van der Waals surface area contributed by atoms with Crippen LogP contribution in [-0.2, 0) is 4.74 Å². The number of carbonyl (C=O) groups is 1. The Morgan fingerprint density at radius 1 is 1.12 bits per heavy atom. The number of halogens is 1. The highest BCUT2D eigenvalue weighted by Crippen LogP contribution is 2.35. The average Bonchev–Trinajstić information content (AvgIpc) is 3.27. The summed E-state index contributed by atoms with van der Waals surface area (Å²) in [5, 5.41) is 1.30. The molecule has 0 radical (unpaired) electrons. The standard InChI is InChI=1S/C19H12ClNO3S/c1-23-19(22)12-7-6-11(20)10-13(12)15-8-9-16(24-15)18-21-14-4-2-3-5-17(14)25-18/h2-10H,1H3. The third-order valence-corrected chi connectivity index (χ3v) is 5.05. The van der Waals surface area contributed by atoms with E-state index in [1.54, 1.807) is 35.6 Å². The highest BCUT2D eigenvalue weighted by molar-refractivity contribution is 7.21. The number of furan rings is 1. The average molecular weight is 370 g/mol. The Bertz CT molecular complexity index is 1050. The Labute approximate surface area is 152 Å². The SMILES string of the molecule is COC(=O)c1ccc(Cl)cc1-c1ccc(-c2nc3ccccc3s2)o1. The van der Waals surface area contributed by atoms with Crippen LogP contribution < -0.4 is 0 Å². The van der Waals surface area contributed by atoms with Gasteiger partial charge in [0, 0.05) is 10.6 Å². The number of ether oxygens (including phenoxy) is 1. The molecule has 0 saturated heterocycles. The maximum Gasteiger partial charge on any atom is 0.338 e. The van der Waals surface area contributed by atoms with Crippen LogP contribution in [0.1, 0.15) is 10.4 Å². The molecular formula is C19H12ClNO3S. The number of fused-ring (bicyclic) bond motifs is 1. The normalized spacial score (nSPS) is 11.0. The molecule has 0 aliphatic rings. The molecule has 0 atom stereocenters. The van der Waals surface area contributed by atoms with Crippen molar-refractivity contribution in [2.75, 3.05) is 7.11 Å². The van der Waals surface area contributed by atoms with Gasteiger partial charge in [-0.3, -0.25) is 0 Å². The molecule has 6 heteroatoms. The first kappa shape index (κ1) is 15.9. The molecule has 0 amide bonds. The number of benzene rings is 2. The Hall–Kier alpha value is -2.63. The summed E-state index contributed by atoms with van der Waals surface area (Å²) in [6, 6.07) is 16.5. The summed E-state index contributed by atoms with van der Waals surface area (Å²) in [6.07, 6.45) is 0. The summed E-state index contributed by atoms with van der Waals surface area (Å²) >= 11 is 7.64. The number of hydrogen-bond acceptors (Lipinski definition) is 5. The van der Waals surface area contributed by atoms with Crippen molar-refractivity contribution in [2.24, 2.45) is 0 Å². The first-order chi connectivity index (χ1) is 12.2. The molecule has 0 spiro atoms. The van der Waals surface area contributed by atoms with E-state index in [9.17, 15) is 4.79 Å². The molecule has 0 bridgehead atoms. The second-order valence-electron chi connectivity index (χ2n) is 5.33. The summed E-state index contributed by atoms with van der Waals surface area (Å²) in [7, 11) is 1.34. The fourth-order valence-electron chi connectivity index (χ4n) is 2.58. The number of hydrogen-bond donors (Lipinski definition) is 0. The van der Waals surface area contributed by atoms with Crippen molar-refractivity contribution < 1.29 is 13.9 Å². The molecule has 124 valence electrons. The van der Waals surface area contributed by atoms with Gasteiger partial charge in [0.05, 0.1) is 22.9 Å². The van der Waals surface area contributed by atoms with Crippen LogP contribution in [0.2, 0.25) is 5.02 Å². The number of nitrogens with zero attached hydrogens (tertiary/aromatic N) is 1. The number of thiazole rings is 1. The lowest BCUT2D eigenvalue weighted by atomic mass is 10.1. The molecule has 0 saturated carbocycles. The maximum atomic E-state index is 12.0. The second-order valence-corrected chi connectivity index (χ2v) is 6.80. The van der Waals surface area contributed by atoms with Gasteiger partial charge in [-0.25, -0.2) is 9.78 Å². The van der Waals surface area contributed by atoms with Crippen LogP contribution in [0.4, 0.5) is 0 Å². The van der Waals surface area contributed by atoms with Gasteiger partial charge < -0.3 is 9.15 Å². The quantitative estimate of drug-likeness (QED) is 0.437. The van der Waals surface area contributed by atoms with Crippen molar-refractivity contribution >= 4 is 39.1 Å². The first-order valence-corrected chi connectivity index (χ1v) is 8.69. The van der Waals surface area contributed by atoms with Gasteiger partial charge in [0.15, 0.2) is 10.8 Å². The monoisotopic (exact) mass is 369 g/mol. The first-order valence-electron chi connectivity index (χ1n) is 7.50. The van der Waals surface area contributed by atoms with Gasteiger partial charge in [-0.05, 0) is 42.5 Å². The van der Waals surface area contributed by atoms with Crippen molar-refractivity contribution in [3.63, 3.8) is 0 Å². The Kier molecular flexibility index (Phi) is 4.03. The lowest BCUT2D eigenvalue weighted by molar-refractivity contribution is 0.0601. The summed E-state index contributed by atoms with van der Waals surface area (Å²) in [4.78, 5) is 16.6. The van der Waals surface area contributed by atoms with Crippen molar-refractivity contribution in [1.82, 2.24) is 4.98 Å². The lowest BCUT2D eigenvalue weighted by Crippen LogP contribution is -2.03. The van der Waals surface area contributed by atoms with E-state index in [1.165, 1.54) is 7.11 Å². The van der Waals surface area contributed by atoms with Crippen molar-refractivity contribution in [1.29, 1.82) is 0 Å². The van der Waals surface area contributed by atoms with Gasteiger partial charge in [0.1, 0.15) is 5.76 Å². The van der Waals surface area contributed by atoms with Crippen LogP contribution in [0.15, 0.2) is 59.0 Å². The zero-order chi connectivity index (χ0) is 17.4. The van der Waals surface area contributed by atoms with Gasteiger partial charge in [-0.15, -0.1) is 11.3 Å². The minimum Gasteiger partial charge on any atom is -0.465 e. The largest absolute Gasteiger partial charge is 0.465 e. The molecule has 0 N–H and O–H groups in total. The number of aromatic nitrogens is 1. The Balaban J connectivity index is 1.79. The number of carbonyl (C=O) groups excluding carboxylic acids is 1. The minimum absolute atomic E-state index is 0.400. The van der Waals surface area contributed by atoms with Gasteiger partial charge in [0.2, 0.25) is 0 Å². The molecule has 0 aliphatic heterocycles. The van der Waals surface area contributed by atoms with Gasteiger partial charge >= 0.3 is 5.97 Å². The van der Waals surface area contributed by atoms with E-state index >= 15 is 0 Å². The molecule has 0 aliphatic carbocycles. The zero-order valence-electron chi connectivity index (χ0n) is 13.2. The summed E-state index contributed by atoms with van der Waals surface area (Å²) in [5.74, 6) is 0.744. The fraction of sp³-hybridized carbons (Fsp3) is 0.0526. The molecule has 2 heterocycles. The van der Waals surface area contributed by atoms with E-state index in [0.29, 0.717) is 27.7 Å². The van der Waals surface area contributed by atoms with E-state index in [1.807, 2.05) is 30.3 Å². The molecule has 0 unspecified atom stereocenters. The predicted molar refractivity (Wildman–Crippen MR) is 99.1 cm³/mol. The number of rotatable bonds is 3. The number of esters is 1. The van der Waals surface area contributed by atoms with Crippen LogP contribution in [0.5, 0.6) is 0 Å². The van der Waals surface area contributed by atoms with Crippen LogP contribution in [0.3, 0.4) is 0 Å². The summed E-state index contributed by atoms with van der Waals surface area (Å²) in [6.45, 7) is 0. The highest BCUT2D eigenvalue weighted by atomic mass is 35.5. The van der Waals surface area contributed by atoms with Gasteiger partial charge in [-0.2, -0.15) is 0 Å². The molecular weight excluding hydrogens is 358 g/mol. The van der Waals surface area contributed by atoms with E-state index in [4.69, 9.17) is 20.8 Å². The Morgan fingerprint density at radius 2 is 1.92 bits per heavy atom. The maximum absolute atomic E-state index is 12.0. The second kappa shape index (κ2) is 6.35. The number of methoxy groups -OCH3 is 1. The topological polar surface area (TPSA) is 52.3 Å². The number of para-hydroxylation sites is 1. The molecule has 4 rings (SSSR count). The van der Waals surface area contributed by atoms with Crippen molar-refractivity contribution in [3.8, 4) is 22.1 Å². The van der Waals surface area contributed by atoms with Gasteiger partial charge in [-0.1, -0.05) is 23.7 Å². The van der Waals surface area contributed by atoms with Crippen LogP contribution in [-0.4, -0.2) is 18.1 Å². The van der Waals surface area contributed by atoms with E-state index < -0.39 is 5.97 Å². The smallest absolute Gasteiger partial charge is 0.338 e. The third-order valence-electron chi connectivity index (χ3n) is 3.76. The third kappa shape index (κ3) is 2.92. The molecule has 4 nitrogen and oxygen atoms in total. The van der Waals surface area contributed by atoms with Crippen LogP contribution in [0, 0.1) is 0 Å². The molecule has 2 aromatic heterocycles. The predicted octanol–water partition coefficient (Wildman–Crippen LogP) is 5.66. The van der Waals surface area contributed by atoms with Crippen molar-refractivity contribution in [3.05, 3.63) is 65.2 Å². The minimum atomic E-state index is -0.440. The fourth-order valence-corrected chi connectivity index (χ4v) is 3.68. The van der Waals surface area contributed by atoms with E-state index in [-0.39, 0.29) is 0 Å². The Morgan fingerprint density at radius 3 is 2.72 bits per heavy atom. The van der Waals surface area contributed by atoms with E-state index in [0.717, 1.165) is 15.2 Å². The zero-order valence-corrected chi connectivity index (χ0v) is 14.7. The van der Waals surface area contributed by atoms with Crippen molar-refractivity contribution in [2.45, 2.75) is 0 Å². The molecule has 25 heavy (non-hydrogen) atoms. The highest BCUT2D eigenvalue weighted by Gasteiger charge is 2.18. The lowest BCUT2D eigenvalue weighted by Gasteiger charge is -2.06. The van der Waals surface area contributed by atoms with Crippen LogP contribution in [0.25, 0.3) is 32.3 Å². The van der Waals surface area contributed by atoms with Crippen LogP contribution >= 0.6 is 22.9 Å². The molecule has 2 aromatic carbocycles. The van der Waals surface area contributed by atoms with E-state index in [2.05, 4.69) is 4.98 Å². The summed E-state index contributed by atoms with van der Waals surface area (Å²) in [5.41, 5.74) is 1.92. The molecule has 0 fully saturated rings. The van der Waals surface area contributed by atoms with Gasteiger partial charge in [0.25, 0.3) is 0 Å².